The second kappa shape index (κ2) is 6.28. The average Bonchev–Trinajstić information content (AvgIpc) is 3.15. The Morgan fingerprint density at radius 3 is 2.43 bits per heavy atom. The molecule has 1 spiro atoms. The Bertz CT molecular complexity index is 473. The number of nitrogens with zero attached hydrogens (tertiary/aromatic N) is 2. The molecule has 6 heteroatoms. The van der Waals surface area contributed by atoms with Crippen molar-refractivity contribution in [3.8, 4) is 0 Å². The molecule has 0 saturated carbocycles. The molecule has 5 nitrogen and oxygen atoms in total. The number of amides is 2. The van der Waals surface area contributed by atoms with Crippen LogP contribution < -0.4 is 5.32 Å². The quantitative estimate of drug-likeness (QED) is 0.787. The van der Waals surface area contributed by atoms with Crippen molar-refractivity contribution in [1.29, 1.82) is 0 Å². The van der Waals surface area contributed by atoms with Gasteiger partial charge in [0.05, 0.1) is 5.88 Å². The normalized spacial score (nSPS) is 27.7. The highest BCUT2D eigenvalue weighted by atomic mass is 32.2. The lowest BCUT2D eigenvalue weighted by molar-refractivity contribution is -0.148. The van der Waals surface area contributed by atoms with Gasteiger partial charge in [-0.15, -0.1) is 11.8 Å². The van der Waals surface area contributed by atoms with E-state index in [1.54, 1.807) is 16.7 Å². The van der Waals surface area contributed by atoms with Gasteiger partial charge in [-0.25, -0.2) is 0 Å². The highest BCUT2D eigenvalue weighted by Gasteiger charge is 2.43. The fourth-order valence-corrected chi connectivity index (χ4v) is 5.06. The van der Waals surface area contributed by atoms with Gasteiger partial charge in [0, 0.05) is 30.8 Å². The Kier molecular flexibility index (Phi) is 4.67. The molecule has 3 fully saturated rings. The average molecular weight is 340 g/mol. The third kappa shape index (κ3) is 3.38. The fourth-order valence-electron chi connectivity index (χ4n) is 3.91. The van der Waals surface area contributed by atoms with Crippen molar-refractivity contribution in [2.45, 2.75) is 46.1 Å². The first-order chi connectivity index (χ1) is 10.8. The summed E-state index contributed by atoms with van der Waals surface area (Å²) in [5, 5.41) is 3.46. The largest absolute Gasteiger partial charge is 0.341 e. The van der Waals surface area contributed by atoms with Gasteiger partial charge in [-0.3, -0.25) is 9.59 Å². The molecule has 3 aliphatic heterocycles. The molecule has 0 aliphatic carbocycles. The molecule has 3 rings (SSSR count). The molecule has 0 radical (unpaired) electrons. The minimum atomic E-state index is -0.426. The number of carbonyl (C=O) groups excluding carboxylic acids is 2. The van der Waals surface area contributed by atoms with Gasteiger partial charge < -0.3 is 15.1 Å². The van der Waals surface area contributed by atoms with Crippen LogP contribution in [0.15, 0.2) is 0 Å². The second-order valence-corrected chi connectivity index (χ2v) is 9.29. The van der Waals surface area contributed by atoms with Crippen molar-refractivity contribution >= 4 is 23.6 Å². The summed E-state index contributed by atoms with van der Waals surface area (Å²) in [6.45, 7) is 9.69. The molecule has 2 amide bonds. The van der Waals surface area contributed by atoms with E-state index in [4.69, 9.17) is 0 Å². The molecule has 1 N–H and O–H groups in total. The first-order valence-electron chi connectivity index (χ1n) is 8.71. The van der Waals surface area contributed by atoms with Crippen LogP contribution >= 0.6 is 11.8 Å². The topological polar surface area (TPSA) is 52.7 Å². The van der Waals surface area contributed by atoms with E-state index in [0.717, 1.165) is 44.8 Å². The first kappa shape index (κ1) is 17.1. The summed E-state index contributed by atoms with van der Waals surface area (Å²) in [5.41, 5.74) is -0.00692. The van der Waals surface area contributed by atoms with E-state index in [-0.39, 0.29) is 17.9 Å². The summed E-state index contributed by atoms with van der Waals surface area (Å²) >= 11 is 1.69. The monoisotopic (exact) mass is 339 g/mol. The summed E-state index contributed by atoms with van der Waals surface area (Å²) in [6.07, 6.45) is 3.43. The zero-order valence-electron chi connectivity index (χ0n) is 14.6. The summed E-state index contributed by atoms with van der Waals surface area (Å²) in [5.74, 6) is 1.64. The molecule has 1 unspecified atom stereocenters. The zero-order valence-corrected chi connectivity index (χ0v) is 15.4. The van der Waals surface area contributed by atoms with E-state index in [2.05, 4.69) is 5.32 Å². The molecule has 3 aliphatic rings. The minimum Gasteiger partial charge on any atom is -0.341 e. The van der Waals surface area contributed by atoms with E-state index >= 15 is 0 Å². The van der Waals surface area contributed by atoms with E-state index in [1.165, 1.54) is 6.42 Å². The molecule has 0 aromatic carbocycles. The van der Waals surface area contributed by atoms with Crippen LogP contribution in [0.5, 0.6) is 0 Å². The number of hydrogen-bond acceptors (Lipinski definition) is 4. The van der Waals surface area contributed by atoms with Gasteiger partial charge in [-0.2, -0.15) is 0 Å². The van der Waals surface area contributed by atoms with Crippen LogP contribution in [-0.4, -0.2) is 65.5 Å². The van der Waals surface area contributed by atoms with Crippen LogP contribution in [0.25, 0.3) is 0 Å². The highest BCUT2D eigenvalue weighted by molar-refractivity contribution is 7.99. The van der Waals surface area contributed by atoms with Crippen molar-refractivity contribution in [2.75, 3.05) is 37.8 Å². The number of piperidine rings is 1. The third-order valence-electron chi connectivity index (χ3n) is 5.54. The third-order valence-corrected chi connectivity index (χ3v) is 6.55. The van der Waals surface area contributed by atoms with Gasteiger partial charge in [-0.1, -0.05) is 20.8 Å². The van der Waals surface area contributed by atoms with Crippen molar-refractivity contribution in [3.63, 3.8) is 0 Å². The van der Waals surface area contributed by atoms with Crippen LogP contribution in [0.3, 0.4) is 0 Å². The SMILES string of the molecule is CC(C)(C)C(=O)N1CSCC1C(=O)N1CCC2(CCNC2)CC1. The van der Waals surface area contributed by atoms with Crippen LogP contribution in [0, 0.1) is 10.8 Å². The van der Waals surface area contributed by atoms with Crippen molar-refractivity contribution in [2.24, 2.45) is 10.8 Å². The van der Waals surface area contributed by atoms with Gasteiger partial charge in [0.1, 0.15) is 6.04 Å². The first-order valence-corrected chi connectivity index (χ1v) is 9.86. The van der Waals surface area contributed by atoms with Gasteiger partial charge in [-0.05, 0) is 31.2 Å². The highest BCUT2D eigenvalue weighted by Crippen LogP contribution is 2.37. The van der Waals surface area contributed by atoms with E-state index in [0.29, 0.717) is 11.3 Å². The Hall–Kier alpha value is -0.750. The smallest absolute Gasteiger partial charge is 0.246 e. The van der Waals surface area contributed by atoms with Crippen LogP contribution in [0.2, 0.25) is 0 Å². The lowest BCUT2D eigenvalue weighted by Crippen LogP contribution is -2.54. The Labute approximate surface area is 143 Å². The second-order valence-electron chi connectivity index (χ2n) is 8.29. The molecule has 3 saturated heterocycles. The van der Waals surface area contributed by atoms with Crippen molar-refractivity contribution < 1.29 is 9.59 Å². The predicted octanol–water partition coefficient (Wildman–Crippen LogP) is 1.54. The van der Waals surface area contributed by atoms with Gasteiger partial charge in [0.25, 0.3) is 0 Å². The molecule has 23 heavy (non-hydrogen) atoms. The van der Waals surface area contributed by atoms with Crippen molar-refractivity contribution in [3.05, 3.63) is 0 Å². The standard InChI is InChI=1S/C17H29N3O2S/c1-16(2,3)15(22)20-12-23-10-13(20)14(21)19-8-5-17(6-9-19)4-7-18-11-17/h13,18H,4-12H2,1-3H3. The molecule has 3 heterocycles. The molecular weight excluding hydrogens is 310 g/mol. The lowest BCUT2D eigenvalue weighted by Gasteiger charge is -2.40. The number of carbonyl (C=O) groups is 2. The number of thioether (sulfide) groups is 1. The predicted molar refractivity (Wildman–Crippen MR) is 93.1 cm³/mol. The Morgan fingerprint density at radius 1 is 1.17 bits per heavy atom. The van der Waals surface area contributed by atoms with Gasteiger partial charge in [0.2, 0.25) is 11.8 Å². The maximum Gasteiger partial charge on any atom is 0.246 e. The zero-order chi connectivity index (χ0) is 16.7. The van der Waals surface area contributed by atoms with E-state index in [9.17, 15) is 9.59 Å². The molecule has 0 aromatic rings. The van der Waals surface area contributed by atoms with Crippen LogP contribution in [0.1, 0.15) is 40.0 Å². The number of hydrogen-bond donors (Lipinski definition) is 1. The molecule has 1 atom stereocenters. The lowest BCUT2D eigenvalue weighted by atomic mass is 9.78. The van der Waals surface area contributed by atoms with Gasteiger partial charge in [0.15, 0.2) is 0 Å². The molecule has 130 valence electrons. The molecular formula is C17H29N3O2S. The van der Waals surface area contributed by atoms with Crippen molar-refractivity contribution in [1.82, 2.24) is 15.1 Å². The summed E-state index contributed by atoms with van der Waals surface area (Å²) in [6, 6.07) is -0.262. The summed E-state index contributed by atoms with van der Waals surface area (Å²) in [4.78, 5) is 29.4. The molecule has 0 aromatic heterocycles. The molecule has 0 bridgehead atoms. The maximum atomic E-state index is 12.9. The summed E-state index contributed by atoms with van der Waals surface area (Å²) in [7, 11) is 0. The van der Waals surface area contributed by atoms with Gasteiger partial charge >= 0.3 is 0 Å². The van der Waals surface area contributed by atoms with Crippen LogP contribution in [0.4, 0.5) is 0 Å². The Balaban J connectivity index is 1.62. The number of nitrogens with one attached hydrogen (secondary N) is 1. The van der Waals surface area contributed by atoms with E-state index < -0.39 is 5.41 Å². The van der Waals surface area contributed by atoms with Crippen LogP contribution in [-0.2, 0) is 9.59 Å². The maximum absolute atomic E-state index is 12.9. The Morgan fingerprint density at radius 2 is 1.87 bits per heavy atom. The summed E-state index contributed by atoms with van der Waals surface area (Å²) < 4.78 is 0. The van der Waals surface area contributed by atoms with E-state index in [1.807, 2.05) is 25.7 Å². The number of likely N-dealkylation sites (tertiary alicyclic amines) is 1. The minimum absolute atomic E-state index is 0.0920. The fraction of sp³-hybridized carbons (Fsp3) is 0.882. The number of rotatable bonds is 1.